The molecule has 2 saturated heterocycles. The van der Waals surface area contributed by atoms with Crippen molar-refractivity contribution in [3.8, 4) is 0 Å². The number of rotatable bonds is 5. The largest absolute Gasteiger partial charge is 0.316 e. The van der Waals surface area contributed by atoms with Crippen molar-refractivity contribution in [3.05, 3.63) is 29.8 Å². The van der Waals surface area contributed by atoms with Crippen LogP contribution in [0, 0.1) is 0 Å². The Balaban J connectivity index is 1.90. The monoisotopic (exact) mass is 380 g/mol. The van der Waals surface area contributed by atoms with Gasteiger partial charge in [-0.2, -0.15) is 4.99 Å². The van der Waals surface area contributed by atoms with Crippen molar-refractivity contribution in [2.75, 3.05) is 16.4 Å². The van der Waals surface area contributed by atoms with Crippen LogP contribution in [0.5, 0.6) is 0 Å². The third kappa shape index (κ3) is 4.08. The van der Waals surface area contributed by atoms with E-state index in [9.17, 15) is 13.2 Å². The van der Waals surface area contributed by atoms with Gasteiger partial charge in [-0.25, -0.2) is 8.42 Å². The van der Waals surface area contributed by atoms with Gasteiger partial charge in [0.2, 0.25) is 5.91 Å². The fraction of sp³-hybridized carbons (Fsp3) is 0.556. The van der Waals surface area contributed by atoms with Gasteiger partial charge in [-0.05, 0) is 30.5 Å². The highest BCUT2D eigenvalue weighted by Gasteiger charge is 2.49. The van der Waals surface area contributed by atoms with Crippen LogP contribution in [0.15, 0.2) is 29.3 Å². The van der Waals surface area contributed by atoms with E-state index in [2.05, 4.69) is 24.0 Å². The number of amides is 1. The number of nitrogens with zero attached hydrogens (tertiary/aromatic N) is 2. The van der Waals surface area contributed by atoms with Gasteiger partial charge in [0.05, 0.1) is 17.5 Å². The van der Waals surface area contributed by atoms with Gasteiger partial charge < -0.3 is 4.90 Å². The highest BCUT2D eigenvalue weighted by atomic mass is 32.2. The molecule has 1 aromatic carbocycles. The van der Waals surface area contributed by atoms with Crippen molar-refractivity contribution in [3.63, 3.8) is 0 Å². The lowest BCUT2D eigenvalue weighted by molar-refractivity contribution is -0.117. The molecule has 3 rings (SSSR count). The van der Waals surface area contributed by atoms with E-state index in [1.165, 1.54) is 17.3 Å². The van der Waals surface area contributed by atoms with Gasteiger partial charge in [0.1, 0.15) is 0 Å². The maximum absolute atomic E-state index is 12.0. The Hall–Kier alpha value is -1.34. The summed E-state index contributed by atoms with van der Waals surface area (Å²) < 4.78 is 24.1. The lowest BCUT2D eigenvalue weighted by atomic mass is 10.1. The number of thioether (sulfide) groups is 1. The number of aliphatic imine (C=N–C) groups is 1. The van der Waals surface area contributed by atoms with Crippen molar-refractivity contribution >= 4 is 38.4 Å². The summed E-state index contributed by atoms with van der Waals surface area (Å²) in [5, 5.41) is 0.589. The second-order valence-corrected chi connectivity index (χ2v) is 9.94. The summed E-state index contributed by atoms with van der Waals surface area (Å²) in [6.45, 7) is 3.95. The average molecular weight is 381 g/mol. The molecule has 2 aliphatic heterocycles. The Kier molecular flexibility index (Phi) is 5.53. The number of amidine groups is 1. The van der Waals surface area contributed by atoms with Crippen LogP contribution in [0.2, 0.25) is 0 Å². The topological polar surface area (TPSA) is 66.8 Å². The van der Waals surface area contributed by atoms with Gasteiger partial charge in [-0.1, -0.05) is 44.2 Å². The van der Waals surface area contributed by atoms with Crippen LogP contribution in [-0.2, 0) is 21.1 Å². The Morgan fingerprint density at radius 1 is 1.24 bits per heavy atom. The van der Waals surface area contributed by atoms with Crippen LogP contribution in [0.3, 0.4) is 0 Å². The van der Waals surface area contributed by atoms with Crippen molar-refractivity contribution < 1.29 is 13.2 Å². The molecule has 2 atom stereocenters. The maximum Gasteiger partial charge on any atom is 0.247 e. The first-order valence-electron chi connectivity index (χ1n) is 8.80. The van der Waals surface area contributed by atoms with Gasteiger partial charge >= 0.3 is 0 Å². The molecule has 2 fully saturated rings. The van der Waals surface area contributed by atoms with Crippen LogP contribution < -0.4 is 4.90 Å². The highest BCUT2D eigenvalue weighted by Crippen LogP contribution is 2.41. The maximum atomic E-state index is 12.0. The van der Waals surface area contributed by atoms with Crippen molar-refractivity contribution in [1.82, 2.24) is 0 Å². The zero-order chi connectivity index (χ0) is 18.0. The fourth-order valence-corrected chi connectivity index (χ4v) is 7.19. The molecule has 0 spiro atoms. The summed E-state index contributed by atoms with van der Waals surface area (Å²) in [5.74, 6) is 0.115. The Labute approximate surface area is 153 Å². The smallest absolute Gasteiger partial charge is 0.247 e. The first-order chi connectivity index (χ1) is 11.9. The Morgan fingerprint density at radius 3 is 2.60 bits per heavy atom. The molecule has 0 saturated carbocycles. The fourth-order valence-electron chi connectivity index (χ4n) is 3.26. The number of unbranched alkanes of at least 4 members (excludes halogenated alkanes) is 1. The lowest BCUT2D eigenvalue weighted by Crippen LogP contribution is -2.37. The van der Waals surface area contributed by atoms with Crippen LogP contribution >= 0.6 is 11.8 Å². The van der Waals surface area contributed by atoms with Crippen LogP contribution in [0.1, 0.15) is 38.7 Å². The van der Waals surface area contributed by atoms with E-state index in [0.29, 0.717) is 11.6 Å². The lowest BCUT2D eigenvalue weighted by Gasteiger charge is -2.24. The number of hydrogen-bond donors (Lipinski definition) is 0. The first-order valence-corrected chi connectivity index (χ1v) is 11.5. The second kappa shape index (κ2) is 7.50. The summed E-state index contributed by atoms with van der Waals surface area (Å²) in [6, 6.07) is 8.08. The number of carbonyl (C=O) groups excluding carboxylic acids is 1. The number of fused-ring (bicyclic) bond motifs is 1. The third-order valence-corrected chi connectivity index (χ3v) is 7.83. The molecule has 0 radical (unpaired) electrons. The standard InChI is InChI=1S/C18H24N2O3S2/c1-3-5-6-13-7-9-14(10-8-13)20-15-11-25(22,23)12-16(15)24-18(20)19-17(21)4-2/h7-10,15-16H,3-6,11-12H2,1-2H3/t15-,16+/m0/s1. The molecule has 5 nitrogen and oxygen atoms in total. The molecule has 0 unspecified atom stereocenters. The van der Waals surface area contributed by atoms with Gasteiger partial charge in [-0.15, -0.1) is 0 Å². The molecular formula is C18H24N2O3S2. The molecule has 0 aromatic heterocycles. The van der Waals surface area contributed by atoms with Crippen molar-refractivity contribution in [2.24, 2.45) is 4.99 Å². The molecule has 25 heavy (non-hydrogen) atoms. The molecular weight excluding hydrogens is 356 g/mol. The molecule has 0 bridgehead atoms. The van der Waals surface area contributed by atoms with Crippen molar-refractivity contribution in [2.45, 2.75) is 50.8 Å². The van der Waals surface area contributed by atoms with Crippen LogP contribution in [0.25, 0.3) is 0 Å². The number of sulfone groups is 1. The molecule has 2 heterocycles. The van der Waals surface area contributed by atoms with Crippen LogP contribution in [0.4, 0.5) is 5.69 Å². The summed E-state index contributed by atoms with van der Waals surface area (Å²) >= 11 is 1.42. The number of anilines is 1. The number of hydrogen-bond acceptors (Lipinski definition) is 4. The van der Waals surface area contributed by atoms with Gasteiger partial charge in [0.25, 0.3) is 0 Å². The molecule has 1 aromatic rings. The molecule has 1 amide bonds. The average Bonchev–Trinajstić information content (AvgIpc) is 3.04. The van der Waals surface area contributed by atoms with Gasteiger partial charge in [0, 0.05) is 17.4 Å². The predicted octanol–water partition coefficient (Wildman–Crippen LogP) is 3.04. The van der Waals surface area contributed by atoms with E-state index >= 15 is 0 Å². The van der Waals surface area contributed by atoms with Crippen molar-refractivity contribution in [1.29, 1.82) is 0 Å². The van der Waals surface area contributed by atoms with E-state index in [1.54, 1.807) is 6.92 Å². The predicted molar refractivity (Wildman–Crippen MR) is 104 cm³/mol. The normalized spacial score (nSPS) is 26.2. The quantitative estimate of drug-likeness (QED) is 0.785. The molecule has 136 valence electrons. The summed E-state index contributed by atoms with van der Waals surface area (Å²) in [5.41, 5.74) is 2.19. The van der Waals surface area contributed by atoms with E-state index in [4.69, 9.17) is 0 Å². The SMILES string of the molecule is CCCCc1ccc(N2C(=NC(=O)CC)S[C@@H]3CS(=O)(=O)C[C@@H]32)cc1. The molecule has 0 N–H and O–H groups in total. The highest BCUT2D eigenvalue weighted by molar-refractivity contribution is 8.16. The minimum Gasteiger partial charge on any atom is -0.316 e. The van der Waals surface area contributed by atoms with E-state index < -0.39 is 9.84 Å². The second-order valence-electron chi connectivity index (χ2n) is 6.58. The molecule has 2 aliphatic rings. The molecule has 7 heteroatoms. The third-order valence-electron chi connectivity index (χ3n) is 4.62. The van der Waals surface area contributed by atoms with Crippen LogP contribution in [-0.4, -0.2) is 42.3 Å². The Morgan fingerprint density at radius 2 is 1.96 bits per heavy atom. The number of benzene rings is 1. The zero-order valence-electron chi connectivity index (χ0n) is 14.6. The minimum absolute atomic E-state index is 0.0480. The summed E-state index contributed by atoms with van der Waals surface area (Å²) in [6.07, 6.45) is 3.70. The number of carbonyl (C=O) groups is 1. The van der Waals surface area contributed by atoms with Gasteiger partial charge in [0.15, 0.2) is 15.0 Å². The zero-order valence-corrected chi connectivity index (χ0v) is 16.3. The minimum atomic E-state index is -3.03. The van der Waals surface area contributed by atoms with E-state index in [0.717, 1.165) is 24.9 Å². The number of aryl methyl sites for hydroxylation is 1. The Bertz CT molecular complexity index is 772. The summed E-state index contributed by atoms with van der Waals surface area (Å²) in [4.78, 5) is 18.0. The first kappa shape index (κ1) is 18.5. The van der Waals surface area contributed by atoms with Gasteiger partial charge in [-0.3, -0.25) is 4.79 Å². The molecule has 0 aliphatic carbocycles. The van der Waals surface area contributed by atoms with E-state index in [1.807, 2.05) is 17.0 Å². The van der Waals surface area contributed by atoms with E-state index in [-0.39, 0.29) is 28.7 Å². The summed E-state index contributed by atoms with van der Waals surface area (Å²) in [7, 11) is -3.03.